The van der Waals surface area contributed by atoms with E-state index in [2.05, 4.69) is 10.5 Å². The van der Waals surface area contributed by atoms with Crippen LogP contribution < -0.4 is 16.2 Å². The van der Waals surface area contributed by atoms with Crippen LogP contribution in [0.2, 0.25) is 0 Å². The third kappa shape index (κ3) is 4.91. The van der Waals surface area contributed by atoms with E-state index in [4.69, 9.17) is 21.1 Å². The molecule has 0 fully saturated rings. The van der Waals surface area contributed by atoms with E-state index in [0.717, 1.165) is 6.07 Å². The summed E-state index contributed by atoms with van der Waals surface area (Å²) in [6.07, 6.45) is 0.113. The molecule has 180 valence electrons. The maximum Gasteiger partial charge on any atom is 0.271 e. The number of amides is 1. The Bertz CT molecular complexity index is 1490. The van der Waals surface area contributed by atoms with E-state index in [1.165, 1.54) is 37.3 Å². The molecule has 0 aromatic heterocycles. The first-order chi connectivity index (χ1) is 16.5. The smallest absolute Gasteiger partial charge is 0.271 e. The summed E-state index contributed by atoms with van der Waals surface area (Å²) in [5, 5.41) is 19.4. The summed E-state index contributed by atoms with van der Waals surface area (Å²) in [7, 11) is -4.02. The number of carbonyl (C=O) groups excluding carboxylic acids is 1. The number of amidine groups is 1. The molecule has 9 nitrogen and oxygen atoms in total. The van der Waals surface area contributed by atoms with Crippen molar-refractivity contribution < 1.29 is 22.4 Å². The normalized spacial score (nSPS) is 17.4. The number of benzene rings is 3. The molecule has 1 atom stereocenters. The largest absolute Gasteiger partial charge is 0.384 e. The summed E-state index contributed by atoms with van der Waals surface area (Å²) in [6.45, 7) is 1.53. The van der Waals surface area contributed by atoms with Crippen LogP contribution in [0, 0.1) is 11.2 Å². The van der Waals surface area contributed by atoms with Crippen LogP contribution in [-0.2, 0) is 19.7 Å². The lowest BCUT2D eigenvalue weighted by Gasteiger charge is -2.21. The molecule has 1 aliphatic rings. The molecule has 1 unspecified atom stereocenters. The predicted molar refractivity (Wildman–Crippen MR) is 130 cm³/mol. The number of nitrogens with two attached hydrogens (primary N) is 2. The van der Waals surface area contributed by atoms with Gasteiger partial charge in [0.05, 0.1) is 16.3 Å². The van der Waals surface area contributed by atoms with Crippen molar-refractivity contribution in [3.63, 3.8) is 0 Å². The predicted octanol–water partition coefficient (Wildman–Crippen LogP) is 2.95. The quantitative estimate of drug-likeness (QED) is 0.305. The van der Waals surface area contributed by atoms with Crippen molar-refractivity contribution in [1.29, 1.82) is 5.41 Å². The van der Waals surface area contributed by atoms with Gasteiger partial charge in [-0.2, -0.15) is 0 Å². The number of hydrogen-bond acceptors (Lipinski definition) is 6. The number of sulfonamides is 1. The van der Waals surface area contributed by atoms with E-state index in [-0.39, 0.29) is 34.0 Å². The average molecular weight is 496 g/mol. The minimum Gasteiger partial charge on any atom is -0.384 e. The molecule has 1 aliphatic heterocycles. The van der Waals surface area contributed by atoms with Gasteiger partial charge in [-0.3, -0.25) is 10.2 Å². The third-order valence-corrected chi connectivity index (χ3v) is 6.54. The van der Waals surface area contributed by atoms with Gasteiger partial charge in [0.15, 0.2) is 0 Å². The molecular formula is C24H22FN5O4S. The fraction of sp³-hybridized carbons (Fsp3) is 0.125. The van der Waals surface area contributed by atoms with Crippen LogP contribution >= 0.6 is 0 Å². The van der Waals surface area contributed by atoms with Gasteiger partial charge in [0.2, 0.25) is 15.6 Å². The fourth-order valence-corrected chi connectivity index (χ4v) is 4.44. The number of nitrogen functional groups attached to an aromatic ring is 1. The molecule has 3 aromatic rings. The van der Waals surface area contributed by atoms with Crippen LogP contribution in [-0.4, -0.2) is 31.5 Å². The number of hydrogen-bond donors (Lipinski definition) is 4. The fourth-order valence-electron chi connectivity index (χ4n) is 3.67. The summed E-state index contributed by atoms with van der Waals surface area (Å²) < 4.78 is 38.6. The highest BCUT2D eigenvalue weighted by Gasteiger charge is 2.42. The number of nitrogens with one attached hydrogen (secondary N) is 2. The van der Waals surface area contributed by atoms with Crippen molar-refractivity contribution in [2.24, 2.45) is 16.0 Å². The Morgan fingerprint density at radius 1 is 1.11 bits per heavy atom. The van der Waals surface area contributed by atoms with Crippen LogP contribution in [0.1, 0.15) is 24.5 Å². The van der Waals surface area contributed by atoms with E-state index in [1.54, 1.807) is 30.3 Å². The second-order valence-electron chi connectivity index (χ2n) is 8.22. The Morgan fingerprint density at radius 2 is 1.86 bits per heavy atom. The molecule has 0 saturated carbocycles. The van der Waals surface area contributed by atoms with Gasteiger partial charge in [-0.1, -0.05) is 47.6 Å². The minimum atomic E-state index is -4.02. The van der Waals surface area contributed by atoms with Crippen LogP contribution in [0.5, 0.6) is 0 Å². The lowest BCUT2D eigenvalue weighted by molar-refractivity contribution is -0.135. The van der Waals surface area contributed by atoms with Crippen molar-refractivity contribution >= 4 is 33.2 Å². The zero-order valence-corrected chi connectivity index (χ0v) is 19.4. The highest BCUT2D eigenvalue weighted by Crippen LogP contribution is 2.31. The highest BCUT2D eigenvalue weighted by molar-refractivity contribution is 7.89. The summed E-state index contributed by atoms with van der Waals surface area (Å²) >= 11 is 0. The molecule has 4 rings (SSSR count). The Hall–Kier alpha value is -4.09. The second kappa shape index (κ2) is 8.93. The Morgan fingerprint density at radius 3 is 2.54 bits per heavy atom. The van der Waals surface area contributed by atoms with E-state index < -0.39 is 27.3 Å². The zero-order chi connectivity index (χ0) is 25.4. The van der Waals surface area contributed by atoms with Crippen LogP contribution in [0.4, 0.5) is 10.1 Å². The average Bonchev–Trinajstić information content (AvgIpc) is 3.23. The Kier molecular flexibility index (Phi) is 6.14. The maximum atomic E-state index is 14.9. The minimum absolute atomic E-state index is 0.0996. The first-order valence-electron chi connectivity index (χ1n) is 10.4. The van der Waals surface area contributed by atoms with E-state index in [1.807, 2.05) is 0 Å². The van der Waals surface area contributed by atoms with Crippen molar-refractivity contribution in [2.45, 2.75) is 23.8 Å². The van der Waals surface area contributed by atoms with E-state index >= 15 is 0 Å². The molecule has 11 heteroatoms. The lowest BCUT2D eigenvalue weighted by Crippen LogP contribution is -2.40. The Labute approximate surface area is 201 Å². The van der Waals surface area contributed by atoms with Gasteiger partial charge in [-0.25, -0.2) is 17.9 Å². The van der Waals surface area contributed by atoms with Gasteiger partial charge in [-0.15, -0.1) is 0 Å². The standard InChI is InChI=1S/C24H22FN5O4S/c1-24(13-20(30-34-24)15-5-4-6-16(11-15)22(26)27)23(31)29-19-10-9-14(12-18(19)25)17-7-2-3-8-21(17)35(28,32)33/h2-12H,13H2,1H3,(H3,26,27)(H,29,31)(H2,28,32,33). The number of halogens is 1. The van der Waals surface area contributed by atoms with Gasteiger partial charge >= 0.3 is 0 Å². The van der Waals surface area contributed by atoms with Gasteiger partial charge in [-0.05, 0) is 36.8 Å². The topological polar surface area (TPSA) is 161 Å². The van der Waals surface area contributed by atoms with Crippen LogP contribution in [0.15, 0.2) is 76.8 Å². The third-order valence-electron chi connectivity index (χ3n) is 5.57. The number of primary sulfonamides is 1. The molecule has 1 heterocycles. The number of carbonyl (C=O) groups is 1. The van der Waals surface area contributed by atoms with Crippen molar-refractivity contribution in [3.8, 4) is 11.1 Å². The molecule has 0 radical (unpaired) electrons. The van der Waals surface area contributed by atoms with Crippen LogP contribution in [0.3, 0.4) is 0 Å². The van der Waals surface area contributed by atoms with Crippen molar-refractivity contribution in [1.82, 2.24) is 0 Å². The molecule has 3 aromatic carbocycles. The SMILES string of the molecule is CC1(C(=O)Nc2ccc(-c3ccccc3S(N)(=O)=O)cc2F)CC(c2cccc(C(=N)N)c2)=NO1. The molecule has 6 N–H and O–H groups in total. The first-order valence-corrected chi connectivity index (χ1v) is 12.0. The number of anilines is 1. The van der Waals surface area contributed by atoms with E-state index in [9.17, 15) is 17.6 Å². The molecular weight excluding hydrogens is 473 g/mol. The summed E-state index contributed by atoms with van der Waals surface area (Å²) in [4.78, 5) is 18.2. The first kappa shape index (κ1) is 24.0. The molecule has 0 saturated heterocycles. The van der Waals surface area contributed by atoms with Gasteiger partial charge in [0.25, 0.3) is 5.91 Å². The van der Waals surface area contributed by atoms with Gasteiger partial charge in [0.1, 0.15) is 11.7 Å². The number of oxime groups is 1. The zero-order valence-electron chi connectivity index (χ0n) is 18.6. The highest BCUT2D eigenvalue weighted by atomic mass is 32.2. The summed E-state index contributed by atoms with van der Waals surface area (Å²) in [5.74, 6) is -1.48. The molecule has 35 heavy (non-hydrogen) atoms. The monoisotopic (exact) mass is 495 g/mol. The van der Waals surface area contributed by atoms with E-state index in [0.29, 0.717) is 16.8 Å². The summed E-state index contributed by atoms with van der Waals surface area (Å²) in [6, 6.07) is 16.7. The molecule has 0 spiro atoms. The Balaban J connectivity index is 1.53. The van der Waals surface area contributed by atoms with Crippen molar-refractivity contribution in [3.05, 3.63) is 83.7 Å². The lowest BCUT2D eigenvalue weighted by atomic mass is 9.94. The molecule has 0 aliphatic carbocycles. The second-order valence-corrected chi connectivity index (χ2v) is 9.75. The van der Waals surface area contributed by atoms with Crippen molar-refractivity contribution in [2.75, 3.05) is 5.32 Å². The molecule has 0 bridgehead atoms. The van der Waals surface area contributed by atoms with Gasteiger partial charge in [0, 0.05) is 23.1 Å². The summed E-state index contributed by atoms with van der Waals surface area (Å²) in [5.41, 5.74) is 6.20. The number of rotatable bonds is 6. The maximum absolute atomic E-state index is 14.9. The number of nitrogens with zero attached hydrogens (tertiary/aromatic N) is 1. The molecule has 1 amide bonds. The van der Waals surface area contributed by atoms with Crippen LogP contribution in [0.25, 0.3) is 11.1 Å². The van der Waals surface area contributed by atoms with Gasteiger partial charge < -0.3 is 15.9 Å².